The Morgan fingerprint density at radius 3 is 3.36 bits per heavy atom. The lowest BCUT2D eigenvalue weighted by Crippen LogP contribution is -2.40. The first-order valence-corrected chi connectivity index (χ1v) is 3.57. The van der Waals surface area contributed by atoms with Crippen LogP contribution >= 0.6 is 0 Å². The third kappa shape index (κ3) is 3.30. The summed E-state index contributed by atoms with van der Waals surface area (Å²) in [7, 11) is 0. The summed E-state index contributed by atoms with van der Waals surface area (Å²) in [6.45, 7) is 2.49. The van der Waals surface area contributed by atoms with Gasteiger partial charge in [-0.2, -0.15) is 0 Å². The molecule has 0 saturated carbocycles. The van der Waals surface area contributed by atoms with Crippen molar-refractivity contribution >= 4 is 5.94 Å². The second-order valence-corrected chi connectivity index (χ2v) is 2.16. The zero-order chi connectivity index (χ0) is 7.94. The molecule has 1 rings (SSSR count). The van der Waals surface area contributed by atoms with E-state index in [1.165, 1.54) is 6.08 Å². The maximum absolute atomic E-state index is 9.73. The van der Waals surface area contributed by atoms with Gasteiger partial charge < -0.3 is 14.8 Å². The number of nitrogens with one attached hydrogen (secondary N) is 1. The predicted octanol–water partition coefficient (Wildman–Crippen LogP) is -0.663. The molecule has 0 aromatic heterocycles. The molecule has 1 fully saturated rings. The maximum atomic E-state index is 9.73. The van der Waals surface area contributed by atoms with Crippen LogP contribution in [-0.2, 0) is 14.3 Å². The molecule has 0 bridgehead atoms. The van der Waals surface area contributed by atoms with Gasteiger partial charge in [-0.05, 0) is 0 Å². The second-order valence-electron chi connectivity index (χ2n) is 2.16. The van der Waals surface area contributed by atoms with Crippen LogP contribution in [0.4, 0.5) is 0 Å². The third-order valence-corrected chi connectivity index (χ3v) is 1.34. The van der Waals surface area contributed by atoms with E-state index < -0.39 is 0 Å². The van der Waals surface area contributed by atoms with Crippen molar-refractivity contribution in [1.82, 2.24) is 5.32 Å². The van der Waals surface area contributed by atoms with Crippen LogP contribution in [0.15, 0.2) is 6.08 Å². The minimum Gasteiger partial charge on any atom is -0.350 e. The average Bonchev–Trinajstić information content (AvgIpc) is 2.07. The highest BCUT2D eigenvalue weighted by Crippen LogP contribution is 1.96. The standard InChI is InChI=1S/C7H11NO3/c9-3-1-4-10-7-6-8-2-5-11-7/h1,7-8H,2,4-6H2. The summed E-state index contributed by atoms with van der Waals surface area (Å²) in [5.74, 6) is 1.63. The fourth-order valence-corrected chi connectivity index (χ4v) is 0.838. The van der Waals surface area contributed by atoms with Crippen molar-refractivity contribution in [2.24, 2.45) is 0 Å². The summed E-state index contributed by atoms with van der Waals surface area (Å²) >= 11 is 0. The molecule has 1 heterocycles. The molecule has 1 aliphatic rings. The van der Waals surface area contributed by atoms with Gasteiger partial charge in [-0.25, -0.2) is 4.79 Å². The summed E-state index contributed by atoms with van der Waals surface area (Å²) in [6, 6.07) is 0. The largest absolute Gasteiger partial charge is 0.350 e. The molecule has 1 aliphatic heterocycles. The Kier molecular flexibility index (Phi) is 3.86. The molecule has 1 unspecified atom stereocenters. The lowest BCUT2D eigenvalue weighted by Gasteiger charge is -2.22. The smallest absolute Gasteiger partial charge is 0.170 e. The minimum absolute atomic E-state index is 0.214. The van der Waals surface area contributed by atoms with E-state index in [0.29, 0.717) is 13.2 Å². The topological polar surface area (TPSA) is 47.6 Å². The first-order valence-electron chi connectivity index (χ1n) is 3.57. The molecule has 0 aromatic carbocycles. The highest BCUT2D eigenvalue weighted by Gasteiger charge is 2.11. The van der Waals surface area contributed by atoms with Gasteiger partial charge in [0.25, 0.3) is 0 Å². The van der Waals surface area contributed by atoms with Gasteiger partial charge in [0.15, 0.2) is 6.29 Å². The molecule has 0 aromatic rings. The van der Waals surface area contributed by atoms with E-state index in [2.05, 4.69) is 5.32 Å². The fraction of sp³-hybridized carbons (Fsp3) is 0.714. The van der Waals surface area contributed by atoms with Crippen molar-refractivity contribution < 1.29 is 14.3 Å². The Labute approximate surface area is 65.2 Å². The van der Waals surface area contributed by atoms with Gasteiger partial charge in [0.1, 0.15) is 5.94 Å². The first-order chi connectivity index (χ1) is 5.43. The van der Waals surface area contributed by atoms with Gasteiger partial charge in [-0.15, -0.1) is 0 Å². The monoisotopic (exact) mass is 157 g/mol. The van der Waals surface area contributed by atoms with Crippen molar-refractivity contribution in [1.29, 1.82) is 0 Å². The quantitative estimate of drug-likeness (QED) is 0.552. The number of carbonyl (C=O) groups excluding carboxylic acids is 1. The summed E-state index contributed by atoms with van der Waals surface area (Å²) in [4.78, 5) is 9.73. The van der Waals surface area contributed by atoms with Crippen LogP contribution < -0.4 is 5.32 Å². The van der Waals surface area contributed by atoms with Crippen LogP contribution in [0.5, 0.6) is 0 Å². The van der Waals surface area contributed by atoms with Gasteiger partial charge in [-0.3, -0.25) is 0 Å². The predicted molar refractivity (Wildman–Crippen MR) is 38.8 cm³/mol. The van der Waals surface area contributed by atoms with Crippen LogP contribution in [-0.4, -0.2) is 38.5 Å². The van der Waals surface area contributed by atoms with E-state index in [9.17, 15) is 4.79 Å². The molecular weight excluding hydrogens is 146 g/mol. The van der Waals surface area contributed by atoms with E-state index in [1.54, 1.807) is 5.94 Å². The SMILES string of the molecule is O=C=CCOC1CNCCO1. The summed E-state index contributed by atoms with van der Waals surface area (Å²) in [6.07, 6.45) is 1.08. The summed E-state index contributed by atoms with van der Waals surface area (Å²) in [5, 5.41) is 3.10. The number of ether oxygens (including phenoxy) is 2. The highest BCUT2D eigenvalue weighted by molar-refractivity contribution is 5.44. The molecule has 11 heavy (non-hydrogen) atoms. The van der Waals surface area contributed by atoms with Crippen molar-refractivity contribution in [3.8, 4) is 0 Å². The molecular formula is C7H11NO3. The third-order valence-electron chi connectivity index (χ3n) is 1.34. The van der Waals surface area contributed by atoms with Crippen molar-refractivity contribution in [3.05, 3.63) is 6.08 Å². The molecule has 0 aliphatic carbocycles. The Bertz CT molecular complexity index is 148. The Hall–Kier alpha value is -0.670. The number of rotatable bonds is 3. The number of hydrogen-bond donors (Lipinski definition) is 1. The maximum Gasteiger partial charge on any atom is 0.170 e. The van der Waals surface area contributed by atoms with E-state index in [1.807, 2.05) is 0 Å². The van der Waals surface area contributed by atoms with Gasteiger partial charge in [0, 0.05) is 19.2 Å². The minimum atomic E-state index is -0.214. The van der Waals surface area contributed by atoms with Crippen molar-refractivity contribution in [3.63, 3.8) is 0 Å². The van der Waals surface area contributed by atoms with Crippen molar-refractivity contribution in [2.45, 2.75) is 6.29 Å². The zero-order valence-corrected chi connectivity index (χ0v) is 6.21. The van der Waals surface area contributed by atoms with E-state index >= 15 is 0 Å². The Morgan fingerprint density at radius 1 is 1.82 bits per heavy atom. The molecule has 1 atom stereocenters. The van der Waals surface area contributed by atoms with Gasteiger partial charge in [0.05, 0.1) is 13.2 Å². The molecule has 0 spiro atoms. The van der Waals surface area contributed by atoms with Crippen LogP contribution in [0.2, 0.25) is 0 Å². The Morgan fingerprint density at radius 2 is 2.73 bits per heavy atom. The highest BCUT2D eigenvalue weighted by atomic mass is 16.7. The molecule has 4 heteroatoms. The van der Waals surface area contributed by atoms with Gasteiger partial charge in [0.2, 0.25) is 0 Å². The second kappa shape index (κ2) is 5.04. The van der Waals surface area contributed by atoms with Gasteiger partial charge in [-0.1, -0.05) is 0 Å². The lowest BCUT2D eigenvalue weighted by molar-refractivity contribution is -0.145. The van der Waals surface area contributed by atoms with Gasteiger partial charge >= 0.3 is 0 Å². The van der Waals surface area contributed by atoms with Crippen LogP contribution in [0.1, 0.15) is 0 Å². The molecule has 1 saturated heterocycles. The van der Waals surface area contributed by atoms with Crippen molar-refractivity contribution in [2.75, 3.05) is 26.3 Å². The van der Waals surface area contributed by atoms with E-state index in [-0.39, 0.29) is 12.9 Å². The van der Waals surface area contributed by atoms with Crippen LogP contribution in [0.25, 0.3) is 0 Å². The van der Waals surface area contributed by atoms with E-state index in [0.717, 1.165) is 6.54 Å². The Balaban J connectivity index is 2.09. The van der Waals surface area contributed by atoms with Crippen LogP contribution in [0.3, 0.4) is 0 Å². The zero-order valence-electron chi connectivity index (χ0n) is 6.21. The summed E-state index contributed by atoms with van der Waals surface area (Å²) in [5.41, 5.74) is 0. The van der Waals surface area contributed by atoms with Crippen LogP contribution in [0, 0.1) is 0 Å². The molecule has 62 valence electrons. The lowest BCUT2D eigenvalue weighted by atomic mass is 10.5. The number of morpholine rings is 1. The summed E-state index contributed by atoms with van der Waals surface area (Å²) < 4.78 is 10.3. The molecule has 0 amide bonds. The molecule has 0 radical (unpaired) electrons. The fourth-order valence-electron chi connectivity index (χ4n) is 0.838. The number of hydrogen-bond acceptors (Lipinski definition) is 4. The molecule has 1 N–H and O–H groups in total. The molecule has 4 nitrogen and oxygen atoms in total. The average molecular weight is 157 g/mol. The van der Waals surface area contributed by atoms with E-state index in [4.69, 9.17) is 9.47 Å². The normalized spacial score (nSPS) is 24.2. The first kappa shape index (κ1) is 8.43.